The summed E-state index contributed by atoms with van der Waals surface area (Å²) in [6.07, 6.45) is 5.20. The number of hydrogen-bond acceptors (Lipinski definition) is 3. The van der Waals surface area contributed by atoms with E-state index in [1.54, 1.807) is 0 Å². The van der Waals surface area contributed by atoms with Gasteiger partial charge in [0.05, 0.1) is 11.4 Å². The van der Waals surface area contributed by atoms with Crippen molar-refractivity contribution in [2.24, 2.45) is 0 Å². The zero-order chi connectivity index (χ0) is 10.8. The second-order valence-electron chi connectivity index (χ2n) is 5.80. The van der Waals surface area contributed by atoms with Crippen molar-refractivity contribution in [1.82, 2.24) is 15.3 Å². The van der Waals surface area contributed by atoms with Crippen molar-refractivity contribution in [1.29, 1.82) is 0 Å². The molecule has 1 aromatic heterocycles. The summed E-state index contributed by atoms with van der Waals surface area (Å²) in [6.45, 7) is 4.23. The molecule has 1 N–H and O–H groups in total. The van der Waals surface area contributed by atoms with Crippen LogP contribution in [0.1, 0.15) is 61.3 Å². The number of rotatable bonds is 2. The Balaban J connectivity index is 1.87. The van der Waals surface area contributed by atoms with Gasteiger partial charge in [0.1, 0.15) is 5.82 Å². The summed E-state index contributed by atoms with van der Waals surface area (Å²) in [5.74, 6) is 1.87. The predicted octanol–water partition coefficient (Wildman–Crippen LogP) is 2.01. The Morgan fingerprint density at radius 2 is 2.00 bits per heavy atom. The Bertz CT molecular complexity index is 458. The molecule has 0 unspecified atom stereocenters. The Kier molecular flexibility index (Phi) is 1.61. The first-order chi connectivity index (χ1) is 7.76. The third-order valence-electron chi connectivity index (χ3n) is 4.22. The molecule has 0 aromatic carbocycles. The molecule has 3 nitrogen and oxygen atoms in total. The fourth-order valence-corrected chi connectivity index (χ4v) is 2.57. The first-order valence-electron chi connectivity index (χ1n) is 6.37. The zero-order valence-corrected chi connectivity index (χ0v) is 9.71. The Hall–Kier alpha value is -0.960. The van der Waals surface area contributed by atoms with Crippen LogP contribution in [-0.4, -0.2) is 9.97 Å². The molecule has 16 heavy (non-hydrogen) atoms. The van der Waals surface area contributed by atoms with E-state index in [2.05, 4.69) is 12.2 Å². The summed E-state index contributed by atoms with van der Waals surface area (Å²) in [5, 5.41) is 3.41. The quantitative estimate of drug-likeness (QED) is 0.820. The summed E-state index contributed by atoms with van der Waals surface area (Å²) >= 11 is 0. The molecule has 0 saturated heterocycles. The molecular formula is C13H17N3. The van der Waals surface area contributed by atoms with Gasteiger partial charge in [0, 0.05) is 30.0 Å². The highest BCUT2D eigenvalue weighted by Gasteiger charge is 2.43. The summed E-state index contributed by atoms with van der Waals surface area (Å²) < 4.78 is 0. The third kappa shape index (κ3) is 1.24. The molecule has 1 aliphatic heterocycles. The number of fused-ring (bicyclic) bond motifs is 1. The van der Waals surface area contributed by atoms with E-state index < -0.39 is 0 Å². The topological polar surface area (TPSA) is 37.8 Å². The number of hydrogen-bond donors (Lipinski definition) is 1. The van der Waals surface area contributed by atoms with E-state index in [0.717, 1.165) is 24.8 Å². The largest absolute Gasteiger partial charge is 0.307 e. The average molecular weight is 215 g/mol. The smallest absolute Gasteiger partial charge is 0.134 e. The van der Waals surface area contributed by atoms with Crippen LogP contribution in [0.3, 0.4) is 0 Å². The van der Waals surface area contributed by atoms with Crippen LogP contribution < -0.4 is 5.32 Å². The van der Waals surface area contributed by atoms with Crippen LogP contribution in [0.15, 0.2) is 0 Å². The lowest BCUT2D eigenvalue weighted by atomic mass is 10.1. The van der Waals surface area contributed by atoms with Gasteiger partial charge in [0.15, 0.2) is 0 Å². The van der Waals surface area contributed by atoms with Gasteiger partial charge >= 0.3 is 0 Å². The molecule has 0 spiro atoms. The van der Waals surface area contributed by atoms with Crippen LogP contribution in [0.4, 0.5) is 0 Å². The van der Waals surface area contributed by atoms with Crippen LogP contribution in [0.5, 0.6) is 0 Å². The predicted molar refractivity (Wildman–Crippen MR) is 61.1 cm³/mol. The lowest BCUT2D eigenvalue weighted by molar-refractivity contribution is 0.685. The molecule has 3 heteroatoms. The second-order valence-corrected chi connectivity index (χ2v) is 5.80. The number of nitrogens with one attached hydrogen (secondary N) is 1. The lowest BCUT2D eigenvalue weighted by Gasteiger charge is -2.12. The molecule has 2 saturated carbocycles. The molecule has 84 valence electrons. The fraction of sp³-hybridized carbons (Fsp3) is 0.692. The van der Waals surface area contributed by atoms with Crippen molar-refractivity contribution in [2.75, 3.05) is 0 Å². The molecule has 0 bridgehead atoms. The monoisotopic (exact) mass is 215 g/mol. The number of nitrogens with zero attached hydrogens (tertiary/aromatic N) is 2. The van der Waals surface area contributed by atoms with E-state index in [-0.39, 0.29) is 0 Å². The highest BCUT2D eigenvalue weighted by atomic mass is 15.0. The average Bonchev–Trinajstić information content (AvgIpc) is 3.19. The van der Waals surface area contributed by atoms with Gasteiger partial charge < -0.3 is 5.32 Å². The normalized spacial score (nSPS) is 25.6. The van der Waals surface area contributed by atoms with Gasteiger partial charge in [-0.05, 0) is 25.7 Å². The van der Waals surface area contributed by atoms with Gasteiger partial charge in [0.2, 0.25) is 0 Å². The van der Waals surface area contributed by atoms with Gasteiger partial charge in [-0.1, -0.05) is 6.92 Å². The minimum atomic E-state index is 0.307. The van der Waals surface area contributed by atoms with Gasteiger partial charge in [-0.15, -0.1) is 0 Å². The van der Waals surface area contributed by atoms with E-state index in [1.165, 1.54) is 42.6 Å². The standard InChI is InChI=1S/C13H17N3/c1-13(4-5-13)12-15-10-7-14-6-9(10)11(16-12)8-2-3-8/h8,14H,2-7H2,1H3. The second kappa shape index (κ2) is 2.83. The first kappa shape index (κ1) is 9.11. The summed E-state index contributed by atoms with van der Waals surface area (Å²) in [6, 6.07) is 0. The molecule has 2 aliphatic carbocycles. The van der Waals surface area contributed by atoms with Crippen LogP contribution in [0.25, 0.3) is 0 Å². The molecule has 4 rings (SSSR count). The maximum atomic E-state index is 4.89. The van der Waals surface area contributed by atoms with E-state index in [9.17, 15) is 0 Å². The van der Waals surface area contributed by atoms with Crippen molar-refractivity contribution in [2.45, 2.75) is 57.0 Å². The number of aromatic nitrogens is 2. The van der Waals surface area contributed by atoms with E-state index in [1.807, 2.05) is 0 Å². The molecular weight excluding hydrogens is 198 g/mol. The van der Waals surface area contributed by atoms with Crippen molar-refractivity contribution >= 4 is 0 Å². The molecule has 0 radical (unpaired) electrons. The lowest BCUT2D eigenvalue weighted by Crippen LogP contribution is -2.12. The SMILES string of the molecule is CC1(c2nc3c(c(C4CC4)n2)CNC3)CC1. The van der Waals surface area contributed by atoms with E-state index in [0.29, 0.717) is 5.41 Å². The van der Waals surface area contributed by atoms with Gasteiger partial charge in [0.25, 0.3) is 0 Å². The van der Waals surface area contributed by atoms with Gasteiger partial charge in [-0.25, -0.2) is 9.97 Å². The Labute approximate surface area is 95.7 Å². The molecule has 1 aromatic rings. The highest BCUT2D eigenvalue weighted by Crippen LogP contribution is 2.48. The molecule has 2 fully saturated rings. The van der Waals surface area contributed by atoms with Crippen LogP contribution >= 0.6 is 0 Å². The van der Waals surface area contributed by atoms with Crippen molar-refractivity contribution < 1.29 is 0 Å². The van der Waals surface area contributed by atoms with Crippen molar-refractivity contribution in [3.8, 4) is 0 Å². The summed E-state index contributed by atoms with van der Waals surface area (Å²) in [5.41, 5.74) is 4.37. The van der Waals surface area contributed by atoms with E-state index >= 15 is 0 Å². The van der Waals surface area contributed by atoms with Crippen molar-refractivity contribution in [3.05, 3.63) is 22.8 Å². The zero-order valence-electron chi connectivity index (χ0n) is 9.71. The van der Waals surface area contributed by atoms with Gasteiger partial charge in [-0.2, -0.15) is 0 Å². The fourth-order valence-electron chi connectivity index (χ4n) is 2.57. The Morgan fingerprint density at radius 3 is 2.69 bits per heavy atom. The Morgan fingerprint density at radius 1 is 1.19 bits per heavy atom. The minimum absolute atomic E-state index is 0.307. The van der Waals surface area contributed by atoms with Crippen LogP contribution in [0.2, 0.25) is 0 Å². The molecule has 0 atom stereocenters. The highest BCUT2D eigenvalue weighted by molar-refractivity contribution is 5.35. The molecule has 3 aliphatic rings. The summed E-state index contributed by atoms with van der Waals surface area (Å²) in [7, 11) is 0. The maximum absolute atomic E-state index is 4.89. The van der Waals surface area contributed by atoms with Crippen LogP contribution in [0, 0.1) is 0 Å². The van der Waals surface area contributed by atoms with Crippen molar-refractivity contribution in [3.63, 3.8) is 0 Å². The minimum Gasteiger partial charge on any atom is -0.307 e. The van der Waals surface area contributed by atoms with Crippen LogP contribution in [-0.2, 0) is 18.5 Å². The molecule has 2 heterocycles. The van der Waals surface area contributed by atoms with Gasteiger partial charge in [-0.3, -0.25) is 0 Å². The molecule has 0 amide bonds. The maximum Gasteiger partial charge on any atom is 0.134 e. The first-order valence-corrected chi connectivity index (χ1v) is 6.37. The summed E-state index contributed by atoms with van der Waals surface area (Å²) in [4.78, 5) is 9.67. The third-order valence-corrected chi connectivity index (χ3v) is 4.22. The van der Waals surface area contributed by atoms with E-state index in [4.69, 9.17) is 9.97 Å².